The van der Waals surface area contributed by atoms with Crippen molar-refractivity contribution in [2.24, 2.45) is 5.92 Å². The molecule has 1 aromatic carbocycles. The minimum absolute atomic E-state index is 0.571. The fourth-order valence-electron chi connectivity index (χ4n) is 1.96. The van der Waals surface area contributed by atoms with E-state index in [1.54, 1.807) is 18.5 Å². The third-order valence-electron chi connectivity index (χ3n) is 3.20. The second-order valence-corrected chi connectivity index (χ2v) is 4.72. The molecule has 0 saturated heterocycles. The number of nitrogens with zero attached hydrogens (tertiary/aromatic N) is 2. The predicted molar refractivity (Wildman–Crippen MR) is 71.1 cm³/mol. The summed E-state index contributed by atoms with van der Waals surface area (Å²) >= 11 is 0. The number of aromatic nitrogens is 2. The minimum Gasteiger partial charge on any atom is -0.492 e. The van der Waals surface area contributed by atoms with Crippen LogP contribution in [0.4, 0.5) is 0 Å². The highest BCUT2D eigenvalue weighted by Gasteiger charge is 2.23. The number of aldehydes is 1. The molecule has 0 unspecified atom stereocenters. The van der Waals surface area contributed by atoms with Crippen LogP contribution in [-0.4, -0.2) is 22.9 Å². The summed E-state index contributed by atoms with van der Waals surface area (Å²) in [7, 11) is 0. The number of hydrogen-bond acceptors (Lipinski definition) is 4. The van der Waals surface area contributed by atoms with Crippen molar-refractivity contribution in [3.8, 4) is 16.9 Å². The maximum absolute atomic E-state index is 11.2. The average Bonchev–Trinajstić information content (AvgIpc) is 3.30. The summed E-state index contributed by atoms with van der Waals surface area (Å²) in [5.74, 6) is 1.28. The quantitative estimate of drug-likeness (QED) is 0.770. The third-order valence-corrected chi connectivity index (χ3v) is 3.20. The third kappa shape index (κ3) is 2.62. The maximum atomic E-state index is 11.2. The summed E-state index contributed by atoms with van der Waals surface area (Å²) in [4.78, 5) is 19.2. The molecule has 19 heavy (non-hydrogen) atoms. The van der Waals surface area contributed by atoms with Crippen LogP contribution in [0.25, 0.3) is 11.1 Å². The van der Waals surface area contributed by atoms with Crippen molar-refractivity contribution in [2.45, 2.75) is 12.8 Å². The maximum Gasteiger partial charge on any atom is 0.153 e. The molecule has 4 nitrogen and oxygen atoms in total. The molecule has 0 radical (unpaired) electrons. The molecular formula is C15H14N2O2. The number of hydrogen-bond donors (Lipinski definition) is 0. The van der Waals surface area contributed by atoms with Gasteiger partial charge in [-0.05, 0) is 24.8 Å². The van der Waals surface area contributed by atoms with Crippen LogP contribution in [0, 0.1) is 5.92 Å². The summed E-state index contributed by atoms with van der Waals surface area (Å²) in [6, 6.07) is 5.53. The molecule has 1 heterocycles. The lowest BCUT2D eigenvalue weighted by molar-refractivity contribution is 0.111. The molecule has 1 saturated carbocycles. The van der Waals surface area contributed by atoms with Gasteiger partial charge in [0.05, 0.1) is 12.2 Å². The van der Waals surface area contributed by atoms with Crippen molar-refractivity contribution >= 4 is 6.29 Å². The summed E-state index contributed by atoms with van der Waals surface area (Å²) in [5, 5.41) is 0. The summed E-state index contributed by atoms with van der Waals surface area (Å²) in [6.45, 7) is 0.672. The molecule has 3 rings (SSSR count). The zero-order valence-corrected chi connectivity index (χ0v) is 10.5. The fraction of sp³-hybridized carbons (Fsp3) is 0.267. The predicted octanol–water partition coefficient (Wildman–Crippen LogP) is 2.74. The van der Waals surface area contributed by atoms with Crippen molar-refractivity contribution in [3.63, 3.8) is 0 Å². The number of carbonyl (C=O) groups is 1. The van der Waals surface area contributed by atoms with Crippen LogP contribution in [0.5, 0.6) is 5.75 Å². The molecule has 0 spiro atoms. The molecular weight excluding hydrogens is 240 g/mol. The highest BCUT2D eigenvalue weighted by Crippen LogP contribution is 2.35. The molecule has 0 atom stereocenters. The van der Waals surface area contributed by atoms with Crippen molar-refractivity contribution in [1.82, 2.24) is 9.97 Å². The van der Waals surface area contributed by atoms with E-state index in [1.807, 2.05) is 12.1 Å². The Hall–Kier alpha value is -2.23. The highest BCUT2D eigenvalue weighted by atomic mass is 16.5. The number of para-hydroxylation sites is 1. The van der Waals surface area contributed by atoms with E-state index >= 15 is 0 Å². The molecule has 1 aromatic heterocycles. The highest BCUT2D eigenvalue weighted by molar-refractivity contribution is 5.85. The number of benzene rings is 1. The molecule has 4 heteroatoms. The van der Waals surface area contributed by atoms with Crippen LogP contribution in [-0.2, 0) is 0 Å². The van der Waals surface area contributed by atoms with Gasteiger partial charge in [0.15, 0.2) is 6.29 Å². The SMILES string of the molecule is O=Cc1cccc(-c2cncnc2)c1OCC1CC1. The van der Waals surface area contributed by atoms with E-state index in [9.17, 15) is 4.79 Å². The van der Waals surface area contributed by atoms with Crippen LogP contribution in [0.2, 0.25) is 0 Å². The molecule has 96 valence electrons. The van der Waals surface area contributed by atoms with E-state index in [1.165, 1.54) is 19.2 Å². The largest absolute Gasteiger partial charge is 0.492 e. The van der Waals surface area contributed by atoms with Crippen LogP contribution in [0.3, 0.4) is 0 Å². The van der Waals surface area contributed by atoms with E-state index in [0.717, 1.165) is 17.4 Å². The van der Waals surface area contributed by atoms with Crippen molar-refractivity contribution in [3.05, 3.63) is 42.5 Å². The average molecular weight is 254 g/mol. The number of carbonyl (C=O) groups excluding carboxylic acids is 1. The van der Waals surface area contributed by atoms with Crippen LogP contribution in [0.15, 0.2) is 36.9 Å². The van der Waals surface area contributed by atoms with Crippen LogP contribution >= 0.6 is 0 Å². The van der Waals surface area contributed by atoms with Crippen LogP contribution in [0.1, 0.15) is 23.2 Å². The molecule has 1 aliphatic carbocycles. The Labute approximate surface area is 111 Å². The Morgan fingerprint density at radius 2 is 2.05 bits per heavy atom. The van der Waals surface area contributed by atoms with Gasteiger partial charge >= 0.3 is 0 Å². The van der Waals surface area contributed by atoms with Gasteiger partial charge in [0, 0.05) is 23.5 Å². The second-order valence-electron chi connectivity index (χ2n) is 4.72. The van der Waals surface area contributed by atoms with E-state index in [0.29, 0.717) is 23.8 Å². The number of ether oxygens (including phenoxy) is 1. The minimum atomic E-state index is 0.571. The van der Waals surface area contributed by atoms with Gasteiger partial charge in [-0.25, -0.2) is 9.97 Å². The van der Waals surface area contributed by atoms with E-state index < -0.39 is 0 Å². The Kier molecular flexibility index (Phi) is 3.23. The fourth-order valence-corrected chi connectivity index (χ4v) is 1.96. The van der Waals surface area contributed by atoms with Crippen molar-refractivity contribution < 1.29 is 9.53 Å². The lowest BCUT2D eigenvalue weighted by atomic mass is 10.0. The molecule has 1 aliphatic rings. The normalized spacial score (nSPS) is 14.1. The Morgan fingerprint density at radius 3 is 2.74 bits per heavy atom. The first kappa shape index (κ1) is 11.8. The zero-order valence-electron chi connectivity index (χ0n) is 10.5. The van der Waals surface area contributed by atoms with Gasteiger partial charge in [-0.15, -0.1) is 0 Å². The van der Waals surface area contributed by atoms with E-state index in [-0.39, 0.29) is 0 Å². The van der Waals surface area contributed by atoms with E-state index in [4.69, 9.17) is 4.74 Å². The first-order chi connectivity index (χ1) is 9.38. The van der Waals surface area contributed by atoms with E-state index in [2.05, 4.69) is 9.97 Å². The van der Waals surface area contributed by atoms with Gasteiger partial charge in [0.1, 0.15) is 12.1 Å². The molecule has 0 bridgehead atoms. The smallest absolute Gasteiger partial charge is 0.153 e. The van der Waals surface area contributed by atoms with Gasteiger partial charge in [0.2, 0.25) is 0 Å². The summed E-state index contributed by atoms with van der Waals surface area (Å²) < 4.78 is 5.85. The first-order valence-corrected chi connectivity index (χ1v) is 6.35. The molecule has 2 aromatic rings. The van der Waals surface area contributed by atoms with Crippen molar-refractivity contribution in [1.29, 1.82) is 0 Å². The lowest BCUT2D eigenvalue weighted by Gasteiger charge is -2.13. The molecule has 1 fully saturated rings. The second kappa shape index (κ2) is 5.18. The Balaban J connectivity index is 1.99. The van der Waals surface area contributed by atoms with Gasteiger partial charge in [-0.2, -0.15) is 0 Å². The monoisotopic (exact) mass is 254 g/mol. The van der Waals surface area contributed by atoms with Gasteiger partial charge in [-0.1, -0.05) is 12.1 Å². The van der Waals surface area contributed by atoms with Gasteiger partial charge < -0.3 is 4.74 Å². The zero-order chi connectivity index (χ0) is 13.1. The molecule has 0 amide bonds. The van der Waals surface area contributed by atoms with Crippen molar-refractivity contribution in [2.75, 3.05) is 6.61 Å². The molecule has 0 aliphatic heterocycles. The van der Waals surface area contributed by atoms with Gasteiger partial charge in [-0.3, -0.25) is 4.79 Å². The Morgan fingerprint density at radius 1 is 1.26 bits per heavy atom. The standard InChI is InChI=1S/C15H14N2O2/c18-8-12-2-1-3-14(13-6-16-10-17-7-13)15(12)19-9-11-4-5-11/h1-3,6-8,10-11H,4-5,9H2. The lowest BCUT2D eigenvalue weighted by Crippen LogP contribution is -2.03. The summed E-state index contributed by atoms with van der Waals surface area (Å²) in [6.07, 6.45) is 8.19. The Bertz CT molecular complexity index is 580. The molecule has 0 N–H and O–H groups in total. The first-order valence-electron chi connectivity index (χ1n) is 6.35. The summed E-state index contributed by atoms with van der Waals surface area (Å²) in [5.41, 5.74) is 2.30. The van der Waals surface area contributed by atoms with Gasteiger partial charge in [0.25, 0.3) is 0 Å². The topological polar surface area (TPSA) is 52.1 Å². The van der Waals surface area contributed by atoms with Crippen LogP contribution < -0.4 is 4.74 Å². The number of rotatable bonds is 5.